The summed E-state index contributed by atoms with van der Waals surface area (Å²) < 4.78 is 0. The van der Waals surface area contributed by atoms with Crippen LogP contribution in [0.3, 0.4) is 0 Å². The highest BCUT2D eigenvalue weighted by molar-refractivity contribution is 9.08. The summed E-state index contributed by atoms with van der Waals surface area (Å²) in [5.74, 6) is 0. The molecular formula is C9H6BrNO. The smallest absolute Gasteiger partial charge is 0.151 e. The molecular weight excluding hydrogens is 218 g/mol. The number of nitrogens with zero attached hydrogens (tertiary/aromatic N) is 1. The lowest BCUT2D eigenvalue weighted by Crippen LogP contribution is -1.93. The molecule has 2 nitrogen and oxygen atoms in total. The molecule has 0 amide bonds. The van der Waals surface area contributed by atoms with Crippen LogP contribution in [-0.2, 0) is 5.33 Å². The maximum Gasteiger partial charge on any atom is 0.151 e. The van der Waals surface area contributed by atoms with Crippen LogP contribution in [0, 0.1) is 11.3 Å². The van der Waals surface area contributed by atoms with Gasteiger partial charge >= 0.3 is 0 Å². The van der Waals surface area contributed by atoms with E-state index in [-0.39, 0.29) is 0 Å². The molecule has 0 radical (unpaired) electrons. The molecule has 0 saturated carbocycles. The van der Waals surface area contributed by atoms with E-state index < -0.39 is 0 Å². The Morgan fingerprint density at radius 2 is 2.33 bits per heavy atom. The molecule has 0 saturated heterocycles. The summed E-state index contributed by atoms with van der Waals surface area (Å²) in [7, 11) is 0. The third-order valence-corrected chi connectivity index (χ3v) is 2.18. The molecule has 3 heteroatoms. The third kappa shape index (κ3) is 1.54. The molecule has 0 heterocycles. The quantitative estimate of drug-likeness (QED) is 0.571. The first-order chi connectivity index (χ1) is 5.83. The van der Waals surface area contributed by atoms with Crippen molar-refractivity contribution in [3.63, 3.8) is 0 Å². The summed E-state index contributed by atoms with van der Waals surface area (Å²) in [5, 5.41) is 9.24. The van der Waals surface area contributed by atoms with E-state index in [1.54, 1.807) is 12.1 Å². The number of hydrogen-bond donors (Lipinski definition) is 0. The molecule has 0 bridgehead atoms. The minimum atomic E-state index is 0.432. The second kappa shape index (κ2) is 4.03. The number of carbonyl (C=O) groups is 1. The highest BCUT2D eigenvalue weighted by atomic mass is 79.9. The molecule has 1 aromatic rings. The number of aldehydes is 1. The van der Waals surface area contributed by atoms with Crippen molar-refractivity contribution in [3.8, 4) is 6.07 Å². The van der Waals surface area contributed by atoms with Gasteiger partial charge in [-0.1, -0.05) is 28.1 Å². The first kappa shape index (κ1) is 8.95. The van der Waals surface area contributed by atoms with E-state index in [0.29, 0.717) is 16.5 Å². The first-order valence-electron chi connectivity index (χ1n) is 3.36. The molecule has 60 valence electrons. The molecule has 0 fully saturated rings. The zero-order valence-electron chi connectivity index (χ0n) is 6.25. The fourth-order valence-electron chi connectivity index (χ4n) is 0.966. The van der Waals surface area contributed by atoms with Crippen molar-refractivity contribution >= 4 is 22.2 Å². The Labute approximate surface area is 78.9 Å². The summed E-state index contributed by atoms with van der Waals surface area (Å²) >= 11 is 3.24. The molecule has 0 aliphatic carbocycles. The van der Waals surface area contributed by atoms with Crippen molar-refractivity contribution in [2.75, 3.05) is 0 Å². The van der Waals surface area contributed by atoms with Crippen LogP contribution in [-0.4, -0.2) is 6.29 Å². The van der Waals surface area contributed by atoms with Crippen molar-refractivity contribution in [1.82, 2.24) is 0 Å². The molecule has 0 aromatic heterocycles. The van der Waals surface area contributed by atoms with Gasteiger partial charge in [-0.15, -0.1) is 0 Å². The Morgan fingerprint density at radius 3 is 2.83 bits per heavy atom. The zero-order chi connectivity index (χ0) is 8.97. The van der Waals surface area contributed by atoms with E-state index in [1.807, 2.05) is 12.1 Å². The largest absolute Gasteiger partial charge is 0.298 e. The number of hydrogen-bond acceptors (Lipinski definition) is 2. The summed E-state index contributed by atoms with van der Waals surface area (Å²) in [4.78, 5) is 10.6. The lowest BCUT2D eigenvalue weighted by Gasteiger charge is -2.00. The summed E-state index contributed by atoms with van der Waals surface area (Å²) in [6.07, 6.45) is 0.717. The topological polar surface area (TPSA) is 40.9 Å². The van der Waals surface area contributed by atoms with Crippen molar-refractivity contribution in [2.24, 2.45) is 0 Å². The Kier molecular flexibility index (Phi) is 3.01. The molecule has 0 unspecified atom stereocenters. The molecule has 1 aromatic carbocycles. The molecule has 0 aliphatic rings. The van der Waals surface area contributed by atoms with Gasteiger partial charge in [-0.25, -0.2) is 0 Å². The third-order valence-electron chi connectivity index (χ3n) is 1.58. The summed E-state index contributed by atoms with van der Waals surface area (Å²) in [6.45, 7) is 0. The van der Waals surface area contributed by atoms with Crippen LogP contribution in [0.5, 0.6) is 0 Å². The Hall–Kier alpha value is -1.14. The van der Waals surface area contributed by atoms with Crippen molar-refractivity contribution in [2.45, 2.75) is 5.33 Å². The van der Waals surface area contributed by atoms with Crippen molar-refractivity contribution in [1.29, 1.82) is 5.26 Å². The second-order valence-corrected chi connectivity index (χ2v) is 2.80. The van der Waals surface area contributed by atoms with Gasteiger partial charge in [-0.05, 0) is 11.6 Å². The minimum absolute atomic E-state index is 0.432. The maximum absolute atomic E-state index is 10.6. The van der Waals surface area contributed by atoms with Crippen LogP contribution in [0.2, 0.25) is 0 Å². The van der Waals surface area contributed by atoms with Gasteiger partial charge in [0.05, 0.1) is 11.6 Å². The van der Waals surface area contributed by atoms with Crippen LogP contribution >= 0.6 is 15.9 Å². The van der Waals surface area contributed by atoms with Gasteiger partial charge < -0.3 is 0 Å². The minimum Gasteiger partial charge on any atom is -0.298 e. The van der Waals surface area contributed by atoms with Gasteiger partial charge in [0.15, 0.2) is 6.29 Å². The van der Waals surface area contributed by atoms with E-state index in [0.717, 1.165) is 11.8 Å². The molecule has 0 spiro atoms. The summed E-state index contributed by atoms with van der Waals surface area (Å²) in [6, 6.07) is 7.19. The SMILES string of the molecule is N#Cc1cccc(CBr)c1C=O. The second-order valence-electron chi connectivity index (χ2n) is 2.24. The number of benzene rings is 1. The average molecular weight is 224 g/mol. The van der Waals surface area contributed by atoms with Gasteiger partial charge in [0.25, 0.3) is 0 Å². The van der Waals surface area contributed by atoms with Crippen molar-refractivity contribution in [3.05, 3.63) is 34.9 Å². The predicted octanol–water partition coefficient (Wildman–Crippen LogP) is 2.27. The Morgan fingerprint density at radius 1 is 1.58 bits per heavy atom. The molecule has 0 N–H and O–H groups in total. The maximum atomic E-state index is 10.6. The van der Waals surface area contributed by atoms with Crippen LogP contribution in [0.15, 0.2) is 18.2 Å². The van der Waals surface area contributed by atoms with E-state index in [2.05, 4.69) is 15.9 Å². The number of carbonyl (C=O) groups excluding carboxylic acids is 1. The summed E-state index contributed by atoms with van der Waals surface area (Å²) in [5.41, 5.74) is 1.77. The van der Waals surface area contributed by atoms with Gasteiger partial charge in [-0.2, -0.15) is 5.26 Å². The van der Waals surface area contributed by atoms with E-state index in [1.165, 1.54) is 0 Å². The van der Waals surface area contributed by atoms with Gasteiger partial charge in [-0.3, -0.25) is 4.79 Å². The Balaban J connectivity index is 3.34. The number of alkyl halides is 1. The fourth-order valence-corrected chi connectivity index (χ4v) is 1.46. The van der Waals surface area contributed by atoms with Crippen molar-refractivity contribution < 1.29 is 4.79 Å². The average Bonchev–Trinajstić information content (AvgIpc) is 2.16. The van der Waals surface area contributed by atoms with E-state index in [9.17, 15) is 4.79 Å². The Bertz CT molecular complexity index is 341. The van der Waals surface area contributed by atoms with Crippen LogP contribution in [0.4, 0.5) is 0 Å². The highest BCUT2D eigenvalue weighted by Crippen LogP contribution is 2.14. The fraction of sp³-hybridized carbons (Fsp3) is 0.111. The van der Waals surface area contributed by atoms with Gasteiger partial charge in [0.2, 0.25) is 0 Å². The highest BCUT2D eigenvalue weighted by Gasteiger charge is 2.04. The number of nitriles is 1. The number of rotatable bonds is 2. The van der Waals surface area contributed by atoms with E-state index in [4.69, 9.17) is 5.26 Å². The van der Waals surface area contributed by atoms with Crippen LogP contribution in [0.1, 0.15) is 21.5 Å². The zero-order valence-corrected chi connectivity index (χ0v) is 7.84. The normalized spacial score (nSPS) is 9.00. The first-order valence-corrected chi connectivity index (χ1v) is 4.48. The number of halogens is 1. The van der Waals surface area contributed by atoms with Gasteiger partial charge in [0.1, 0.15) is 0 Å². The molecule has 0 aliphatic heterocycles. The standard InChI is InChI=1S/C9H6BrNO/c10-4-7-2-1-3-8(5-11)9(7)6-12/h1-3,6H,4H2. The monoisotopic (exact) mass is 223 g/mol. The lowest BCUT2D eigenvalue weighted by atomic mass is 10.0. The van der Waals surface area contributed by atoms with Gasteiger partial charge in [0, 0.05) is 10.9 Å². The molecule has 12 heavy (non-hydrogen) atoms. The molecule has 1 rings (SSSR count). The van der Waals surface area contributed by atoms with Crippen LogP contribution in [0.25, 0.3) is 0 Å². The lowest BCUT2D eigenvalue weighted by molar-refractivity contribution is 0.112. The predicted molar refractivity (Wildman–Crippen MR) is 49.2 cm³/mol. The van der Waals surface area contributed by atoms with E-state index >= 15 is 0 Å². The molecule has 0 atom stereocenters. The van der Waals surface area contributed by atoms with Crippen LogP contribution < -0.4 is 0 Å².